The second kappa shape index (κ2) is 5.97. The van der Waals surface area contributed by atoms with Crippen LogP contribution < -0.4 is 5.32 Å². The van der Waals surface area contributed by atoms with Crippen LogP contribution in [0.5, 0.6) is 0 Å². The maximum Gasteiger partial charge on any atom is 0.128 e. The summed E-state index contributed by atoms with van der Waals surface area (Å²) in [6.07, 6.45) is 2.60. The zero-order chi connectivity index (χ0) is 13.8. The Hall–Kier alpha value is -1.68. The number of benzene rings is 1. The summed E-state index contributed by atoms with van der Waals surface area (Å²) in [5.41, 5.74) is 2.61. The van der Waals surface area contributed by atoms with E-state index >= 15 is 0 Å². The van der Waals surface area contributed by atoms with Gasteiger partial charge in [0.25, 0.3) is 0 Å². The molecule has 0 saturated carbocycles. The Morgan fingerprint density at radius 1 is 1.37 bits per heavy atom. The van der Waals surface area contributed by atoms with Gasteiger partial charge in [-0.05, 0) is 31.2 Å². The smallest absolute Gasteiger partial charge is 0.128 e. The van der Waals surface area contributed by atoms with Gasteiger partial charge in [0.15, 0.2) is 0 Å². The lowest BCUT2D eigenvalue weighted by Crippen LogP contribution is -2.24. The van der Waals surface area contributed by atoms with Crippen LogP contribution in [-0.4, -0.2) is 16.3 Å². The molecular weight excluding hydrogens is 241 g/mol. The molecule has 0 aliphatic carbocycles. The first-order valence-corrected chi connectivity index (χ1v) is 6.58. The zero-order valence-corrected chi connectivity index (χ0v) is 11.7. The van der Waals surface area contributed by atoms with Crippen LogP contribution in [0.15, 0.2) is 30.5 Å². The van der Waals surface area contributed by atoms with Crippen molar-refractivity contribution in [2.45, 2.75) is 26.3 Å². The quantitative estimate of drug-likeness (QED) is 0.897. The average Bonchev–Trinajstić information content (AvgIpc) is 2.74. The third-order valence-electron chi connectivity index (χ3n) is 3.16. The molecule has 0 fully saturated rings. The molecule has 1 unspecified atom stereocenters. The highest BCUT2D eigenvalue weighted by molar-refractivity contribution is 5.27. The summed E-state index contributed by atoms with van der Waals surface area (Å²) in [6.45, 7) is 4.72. The van der Waals surface area contributed by atoms with Crippen LogP contribution in [0.4, 0.5) is 4.39 Å². The summed E-state index contributed by atoms with van der Waals surface area (Å²) >= 11 is 0. The van der Waals surface area contributed by atoms with E-state index in [1.165, 1.54) is 0 Å². The number of likely N-dealkylation sites (N-methyl/N-ethyl adjacent to an activating group) is 1. The largest absolute Gasteiger partial charge is 0.310 e. The number of hydrogen-bond acceptors (Lipinski definition) is 2. The second-order valence-electron chi connectivity index (χ2n) is 4.82. The standard InChI is InChI=1S/C15H20FN3/c1-4-17-15(10-12-7-8-19(3)18-12)13-6-5-11(2)9-14(13)16/h5-9,15,17H,4,10H2,1-3H3. The molecule has 19 heavy (non-hydrogen) atoms. The number of nitrogens with one attached hydrogen (secondary N) is 1. The molecule has 0 aliphatic heterocycles. The highest BCUT2D eigenvalue weighted by atomic mass is 19.1. The van der Waals surface area contributed by atoms with Gasteiger partial charge in [-0.1, -0.05) is 19.1 Å². The first kappa shape index (κ1) is 13.7. The highest BCUT2D eigenvalue weighted by Gasteiger charge is 2.16. The summed E-state index contributed by atoms with van der Waals surface area (Å²) < 4.78 is 15.8. The summed E-state index contributed by atoms with van der Waals surface area (Å²) in [4.78, 5) is 0. The van der Waals surface area contributed by atoms with Crippen LogP contribution in [0.3, 0.4) is 0 Å². The first-order chi connectivity index (χ1) is 9.10. The molecule has 3 nitrogen and oxygen atoms in total. The Kier molecular flexibility index (Phi) is 4.32. The van der Waals surface area contributed by atoms with Crippen LogP contribution in [0.25, 0.3) is 0 Å². The monoisotopic (exact) mass is 261 g/mol. The third-order valence-corrected chi connectivity index (χ3v) is 3.16. The van der Waals surface area contributed by atoms with E-state index in [2.05, 4.69) is 10.4 Å². The normalized spacial score (nSPS) is 12.6. The topological polar surface area (TPSA) is 29.9 Å². The number of rotatable bonds is 5. The van der Waals surface area contributed by atoms with Crippen molar-refractivity contribution < 1.29 is 4.39 Å². The third kappa shape index (κ3) is 3.41. The number of aryl methyl sites for hydroxylation is 2. The molecule has 0 amide bonds. The Morgan fingerprint density at radius 2 is 2.16 bits per heavy atom. The molecule has 1 heterocycles. The van der Waals surface area contributed by atoms with E-state index in [0.717, 1.165) is 17.8 Å². The number of aromatic nitrogens is 2. The van der Waals surface area contributed by atoms with E-state index in [4.69, 9.17) is 0 Å². The molecule has 0 spiro atoms. The number of hydrogen-bond donors (Lipinski definition) is 1. The fourth-order valence-electron chi connectivity index (χ4n) is 2.23. The molecule has 0 radical (unpaired) electrons. The van der Waals surface area contributed by atoms with Crippen LogP contribution in [-0.2, 0) is 13.5 Å². The predicted molar refractivity (Wildman–Crippen MR) is 74.5 cm³/mol. The molecule has 0 saturated heterocycles. The molecule has 1 atom stereocenters. The van der Waals surface area contributed by atoms with Crippen molar-refractivity contribution in [2.24, 2.45) is 7.05 Å². The molecule has 0 aliphatic rings. The minimum Gasteiger partial charge on any atom is -0.310 e. The Balaban J connectivity index is 2.23. The molecule has 2 aromatic rings. The fourth-order valence-corrected chi connectivity index (χ4v) is 2.23. The van der Waals surface area contributed by atoms with Crippen molar-refractivity contribution in [3.63, 3.8) is 0 Å². The molecule has 1 aromatic carbocycles. The van der Waals surface area contributed by atoms with E-state index in [-0.39, 0.29) is 11.9 Å². The van der Waals surface area contributed by atoms with Gasteiger partial charge in [0.05, 0.1) is 5.69 Å². The molecule has 0 bridgehead atoms. The summed E-state index contributed by atoms with van der Waals surface area (Å²) in [7, 11) is 1.89. The highest BCUT2D eigenvalue weighted by Crippen LogP contribution is 2.21. The van der Waals surface area contributed by atoms with Gasteiger partial charge >= 0.3 is 0 Å². The van der Waals surface area contributed by atoms with Gasteiger partial charge in [-0.3, -0.25) is 4.68 Å². The Labute approximate surface area is 113 Å². The van der Waals surface area contributed by atoms with Crippen molar-refractivity contribution in [1.82, 2.24) is 15.1 Å². The lowest BCUT2D eigenvalue weighted by atomic mass is 10.00. The average molecular weight is 261 g/mol. The molecule has 1 N–H and O–H groups in total. The van der Waals surface area contributed by atoms with E-state index in [0.29, 0.717) is 12.0 Å². The van der Waals surface area contributed by atoms with E-state index in [1.54, 1.807) is 10.7 Å². The number of nitrogens with zero attached hydrogens (tertiary/aromatic N) is 2. The van der Waals surface area contributed by atoms with Gasteiger partial charge in [0.1, 0.15) is 5.82 Å². The fraction of sp³-hybridized carbons (Fsp3) is 0.400. The van der Waals surface area contributed by atoms with Crippen LogP contribution in [0, 0.1) is 12.7 Å². The van der Waals surface area contributed by atoms with Crippen molar-refractivity contribution in [1.29, 1.82) is 0 Å². The summed E-state index contributed by atoms with van der Waals surface area (Å²) in [5, 5.41) is 7.69. The lowest BCUT2D eigenvalue weighted by molar-refractivity contribution is 0.503. The molecular formula is C15H20FN3. The maximum atomic E-state index is 14.1. The second-order valence-corrected chi connectivity index (χ2v) is 4.82. The Morgan fingerprint density at radius 3 is 2.74 bits per heavy atom. The SMILES string of the molecule is CCNC(Cc1ccn(C)n1)c1ccc(C)cc1F. The van der Waals surface area contributed by atoms with Gasteiger partial charge in [-0.2, -0.15) is 5.10 Å². The molecule has 102 valence electrons. The summed E-state index contributed by atoms with van der Waals surface area (Å²) in [6, 6.07) is 7.32. The van der Waals surface area contributed by atoms with Crippen molar-refractivity contribution in [3.05, 3.63) is 53.1 Å². The van der Waals surface area contributed by atoms with Crippen molar-refractivity contribution in [2.75, 3.05) is 6.54 Å². The van der Waals surface area contributed by atoms with Gasteiger partial charge in [-0.25, -0.2) is 4.39 Å². The molecule has 4 heteroatoms. The van der Waals surface area contributed by atoms with Crippen molar-refractivity contribution in [3.8, 4) is 0 Å². The first-order valence-electron chi connectivity index (χ1n) is 6.58. The van der Waals surface area contributed by atoms with Crippen LogP contribution >= 0.6 is 0 Å². The lowest BCUT2D eigenvalue weighted by Gasteiger charge is -2.18. The Bertz CT molecular complexity index is 548. The minimum absolute atomic E-state index is 0.0412. The summed E-state index contributed by atoms with van der Waals surface area (Å²) in [5.74, 6) is -0.151. The molecule has 1 aromatic heterocycles. The minimum atomic E-state index is -0.151. The van der Waals surface area contributed by atoms with E-state index in [9.17, 15) is 4.39 Å². The van der Waals surface area contributed by atoms with Crippen molar-refractivity contribution >= 4 is 0 Å². The van der Waals surface area contributed by atoms with Gasteiger partial charge in [0, 0.05) is 31.3 Å². The van der Waals surface area contributed by atoms with E-state index in [1.807, 2.05) is 45.3 Å². The van der Waals surface area contributed by atoms with Gasteiger partial charge in [0.2, 0.25) is 0 Å². The zero-order valence-electron chi connectivity index (χ0n) is 11.7. The maximum absolute atomic E-state index is 14.1. The molecule has 2 rings (SSSR count). The van der Waals surface area contributed by atoms with Crippen LogP contribution in [0.1, 0.15) is 29.8 Å². The van der Waals surface area contributed by atoms with E-state index < -0.39 is 0 Å². The van der Waals surface area contributed by atoms with Gasteiger partial charge in [-0.15, -0.1) is 0 Å². The number of halogens is 1. The predicted octanol–water partition coefficient (Wildman–Crippen LogP) is 2.76. The van der Waals surface area contributed by atoms with Gasteiger partial charge < -0.3 is 5.32 Å². The van der Waals surface area contributed by atoms with Crippen LogP contribution in [0.2, 0.25) is 0 Å².